The van der Waals surface area contributed by atoms with Crippen molar-refractivity contribution >= 4 is 32.3 Å². The lowest BCUT2D eigenvalue weighted by Gasteiger charge is -2.45. The van der Waals surface area contributed by atoms with Crippen molar-refractivity contribution in [3.63, 3.8) is 0 Å². The lowest BCUT2D eigenvalue weighted by atomic mass is 9.72. The first-order valence-electron chi connectivity index (χ1n) is 9.66. The normalized spacial score (nSPS) is 21.9. The molecule has 1 spiro atoms. The lowest BCUT2D eigenvalue weighted by Crippen LogP contribution is -2.50. The third kappa shape index (κ3) is 2.85. The third-order valence-electron chi connectivity index (χ3n) is 6.47. The first-order chi connectivity index (χ1) is 14.4. The van der Waals surface area contributed by atoms with E-state index in [0.717, 1.165) is 31.2 Å². The highest BCUT2D eigenvalue weighted by Crippen LogP contribution is 2.74. The number of benzene rings is 2. The second-order valence-corrected chi connectivity index (χ2v) is 10.7. The van der Waals surface area contributed by atoms with E-state index in [1.165, 1.54) is 10.7 Å². The zero-order valence-electron chi connectivity index (χ0n) is 16.2. The van der Waals surface area contributed by atoms with Gasteiger partial charge in [-0.1, -0.05) is 29.8 Å². The average molecular weight is 473 g/mol. The second-order valence-electron chi connectivity index (χ2n) is 8.38. The minimum atomic E-state index is -4.21. The van der Waals surface area contributed by atoms with Crippen molar-refractivity contribution in [2.45, 2.75) is 54.0 Å². The Bertz CT molecular complexity index is 1310. The van der Waals surface area contributed by atoms with E-state index in [1.807, 2.05) is 0 Å². The predicted octanol–water partition coefficient (Wildman–Crippen LogP) is 5.99. The van der Waals surface area contributed by atoms with Crippen molar-refractivity contribution in [3.8, 4) is 0 Å². The summed E-state index contributed by atoms with van der Waals surface area (Å²) in [5.74, 6) is -5.93. The van der Waals surface area contributed by atoms with Crippen molar-refractivity contribution in [3.05, 3.63) is 53.1 Å². The smallest absolute Gasteiger partial charge is 0.258 e. The molecule has 0 saturated heterocycles. The molecule has 1 aromatic heterocycles. The van der Waals surface area contributed by atoms with E-state index in [1.54, 1.807) is 12.1 Å². The molecule has 10 heteroatoms. The van der Waals surface area contributed by atoms with E-state index < -0.39 is 39.6 Å². The second kappa shape index (κ2) is 6.22. The SMILES string of the molecule is CC(F)(F)c1ccc(S(=O)(=O)c2nn(C3CC(F)(F)C34CC4)c3c(Cl)cccc23)cc1. The van der Waals surface area contributed by atoms with Crippen molar-refractivity contribution in [2.24, 2.45) is 5.41 Å². The highest BCUT2D eigenvalue weighted by molar-refractivity contribution is 7.91. The van der Waals surface area contributed by atoms with Crippen LogP contribution in [0.2, 0.25) is 5.02 Å². The van der Waals surface area contributed by atoms with Gasteiger partial charge in [0.1, 0.15) is 0 Å². The van der Waals surface area contributed by atoms with Crippen LogP contribution in [0.15, 0.2) is 52.4 Å². The van der Waals surface area contributed by atoms with Gasteiger partial charge in [0, 0.05) is 24.3 Å². The third-order valence-corrected chi connectivity index (χ3v) is 8.48. The van der Waals surface area contributed by atoms with Gasteiger partial charge in [-0.05, 0) is 37.1 Å². The van der Waals surface area contributed by atoms with Gasteiger partial charge >= 0.3 is 0 Å². The Balaban J connectivity index is 1.65. The predicted molar refractivity (Wildman–Crippen MR) is 106 cm³/mol. The molecule has 1 atom stereocenters. The van der Waals surface area contributed by atoms with Gasteiger partial charge in [-0.25, -0.2) is 26.0 Å². The number of nitrogens with zero attached hydrogens (tertiary/aromatic N) is 2. The van der Waals surface area contributed by atoms with Crippen LogP contribution in [0.4, 0.5) is 17.6 Å². The summed E-state index contributed by atoms with van der Waals surface area (Å²) in [6.45, 7) is 0.718. The van der Waals surface area contributed by atoms with Crippen molar-refractivity contribution in [1.29, 1.82) is 0 Å². The van der Waals surface area contributed by atoms with Gasteiger partial charge < -0.3 is 0 Å². The van der Waals surface area contributed by atoms with Crippen LogP contribution in [-0.4, -0.2) is 24.1 Å². The lowest BCUT2D eigenvalue weighted by molar-refractivity contribution is -0.186. The average Bonchev–Trinajstić information content (AvgIpc) is 3.44. The minimum absolute atomic E-state index is 0.207. The van der Waals surface area contributed by atoms with Crippen LogP contribution in [0.25, 0.3) is 10.9 Å². The van der Waals surface area contributed by atoms with Gasteiger partial charge in [0.05, 0.1) is 26.9 Å². The Labute approximate surface area is 180 Å². The van der Waals surface area contributed by atoms with Gasteiger partial charge in [-0.2, -0.15) is 5.10 Å². The van der Waals surface area contributed by atoms with E-state index in [-0.39, 0.29) is 31.4 Å². The summed E-state index contributed by atoms with van der Waals surface area (Å²) in [7, 11) is -4.21. The standard InChI is InChI=1S/C21H17ClF4N2O2S/c1-19(23,24)12-5-7-13(8-6-12)31(29,30)18-14-3-2-4-15(22)17(14)28(27-18)16-11-21(25,26)20(16)9-10-20/h2-8,16H,9-11H2,1H3. The van der Waals surface area contributed by atoms with E-state index in [2.05, 4.69) is 5.10 Å². The minimum Gasteiger partial charge on any atom is -0.258 e. The first kappa shape index (κ1) is 20.8. The summed E-state index contributed by atoms with van der Waals surface area (Å²) in [5.41, 5.74) is -1.25. The number of halogens is 5. The molecule has 0 N–H and O–H groups in total. The Morgan fingerprint density at radius 2 is 1.77 bits per heavy atom. The fourth-order valence-electron chi connectivity index (χ4n) is 4.49. The number of hydrogen-bond acceptors (Lipinski definition) is 3. The molecule has 0 bridgehead atoms. The Kier molecular flexibility index (Phi) is 4.17. The monoisotopic (exact) mass is 472 g/mol. The van der Waals surface area contributed by atoms with Gasteiger partial charge in [0.2, 0.25) is 9.84 Å². The number of sulfone groups is 1. The molecule has 164 valence electrons. The Morgan fingerprint density at radius 1 is 1.13 bits per heavy atom. The Morgan fingerprint density at radius 3 is 2.32 bits per heavy atom. The molecule has 2 saturated carbocycles. The summed E-state index contributed by atoms with van der Waals surface area (Å²) in [4.78, 5) is -0.216. The van der Waals surface area contributed by atoms with E-state index in [9.17, 15) is 26.0 Å². The highest BCUT2D eigenvalue weighted by Gasteiger charge is 2.75. The van der Waals surface area contributed by atoms with Crippen LogP contribution in [0.5, 0.6) is 0 Å². The van der Waals surface area contributed by atoms with E-state index >= 15 is 0 Å². The van der Waals surface area contributed by atoms with Crippen molar-refractivity contribution in [1.82, 2.24) is 9.78 Å². The Hall–Kier alpha value is -2.13. The number of aromatic nitrogens is 2. The zero-order chi connectivity index (χ0) is 22.4. The molecule has 2 aromatic carbocycles. The number of hydrogen-bond donors (Lipinski definition) is 0. The molecule has 1 heterocycles. The maximum atomic E-state index is 14.2. The van der Waals surface area contributed by atoms with Crippen LogP contribution >= 0.6 is 11.6 Å². The molecule has 2 aliphatic rings. The van der Waals surface area contributed by atoms with Crippen LogP contribution in [0.1, 0.15) is 37.8 Å². The fraction of sp³-hybridized carbons (Fsp3) is 0.381. The van der Waals surface area contributed by atoms with E-state index in [0.29, 0.717) is 12.8 Å². The topological polar surface area (TPSA) is 52.0 Å². The first-order valence-corrected chi connectivity index (χ1v) is 11.5. The van der Waals surface area contributed by atoms with Crippen LogP contribution in [0.3, 0.4) is 0 Å². The molecule has 1 unspecified atom stereocenters. The maximum absolute atomic E-state index is 14.2. The van der Waals surface area contributed by atoms with Crippen LogP contribution < -0.4 is 0 Å². The van der Waals surface area contributed by atoms with Crippen LogP contribution in [-0.2, 0) is 15.8 Å². The van der Waals surface area contributed by atoms with Gasteiger partial charge in [0.25, 0.3) is 11.8 Å². The molecular weight excluding hydrogens is 456 g/mol. The van der Waals surface area contributed by atoms with Gasteiger partial charge in [-0.3, -0.25) is 4.68 Å². The summed E-state index contributed by atoms with van der Waals surface area (Å²) in [5, 5.41) is 4.35. The number of rotatable bonds is 4. The summed E-state index contributed by atoms with van der Waals surface area (Å²) in [6.07, 6.45) is 0.241. The molecule has 31 heavy (non-hydrogen) atoms. The number of alkyl halides is 4. The largest absolute Gasteiger partial charge is 0.270 e. The molecule has 0 radical (unpaired) electrons. The van der Waals surface area contributed by atoms with Crippen molar-refractivity contribution in [2.75, 3.05) is 0 Å². The molecule has 2 aliphatic carbocycles. The van der Waals surface area contributed by atoms with E-state index in [4.69, 9.17) is 11.6 Å². The molecule has 3 aromatic rings. The molecular formula is C21H17ClF4N2O2S. The zero-order valence-corrected chi connectivity index (χ0v) is 17.8. The summed E-state index contributed by atoms with van der Waals surface area (Å²) in [6, 6.07) is 8.24. The molecule has 2 fully saturated rings. The summed E-state index contributed by atoms with van der Waals surface area (Å²) < 4.78 is 83.3. The molecule has 4 nitrogen and oxygen atoms in total. The van der Waals surface area contributed by atoms with Crippen molar-refractivity contribution < 1.29 is 26.0 Å². The molecule has 5 rings (SSSR count). The van der Waals surface area contributed by atoms with Gasteiger partial charge in [0.15, 0.2) is 5.03 Å². The maximum Gasteiger partial charge on any atom is 0.270 e. The number of fused-ring (bicyclic) bond motifs is 1. The molecule has 0 amide bonds. The molecule has 0 aliphatic heterocycles. The quantitative estimate of drug-likeness (QED) is 0.438. The fourth-order valence-corrected chi connectivity index (χ4v) is 6.12. The highest BCUT2D eigenvalue weighted by atomic mass is 35.5. The number of para-hydroxylation sites is 1. The van der Waals surface area contributed by atoms with Crippen LogP contribution in [0, 0.1) is 5.41 Å². The van der Waals surface area contributed by atoms with Gasteiger partial charge in [-0.15, -0.1) is 0 Å². The summed E-state index contributed by atoms with van der Waals surface area (Å²) >= 11 is 6.33.